The Labute approximate surface area is 141 Å². The van der Waals surface area contributed by atoms with E-state index in [9.17, 15) is 4.79 Å². The molecule has 2 unspecified atom stereocenters. The second-order valence-electron chi connectivity index (χ2n) is 6.75. The number of likely N-dealkylation sites (tertiary alicyclic amines) is 1. The summed E-state index contributed by atoms with van der Waals surface area (Å²) in [6, 6.07) is 10.1. The molecule has 1 aliphatic heterocycles. The van der Waals surface area contributed by atoms with E-state index in [2.05, 4.69) is 4.98 Å². The number of carbonyl (C=O) groups excluding carboxylic acids is 1. The van der Waals surface area contributed by atoms with Gasteiger partial charge in [-0.1, -0.05) is 49.6 Å². The van der Waals surface area contributed by atoms with Crippen molar-refractivity contribution >= 4 is 17.2 Å². The van der Waals surface area contributed by atoms with E-state index in [0.29, 0.717) is 11.6 Å². The Balaban J connectivity index is 1.48. The molecular formula is C19H22N2OS. The van der Waals surface area contributed by atoms with Crippen molar-refractivity contribution in [1.29, 1.82) is 0 Å². The van der Waals surface area contributed by atoms with Gasteiger partial charge < -0.3 is 4.90 Å². The Bertz CT molecular complexity index is 682. The van der Waals surface area contributed by atoms with Gasteiger partial charge in [0.05, 0.1) is 0 Å². The quantitative estimate of drug-likeness (QED) is 0.816. The summed E-state index contributed by atoms with van der Waals surface area (Å²) < 4.78 is 0. The van der Waals surface area contributed by atoms with Crippen LogP contribution in [0.1, 0.15) is 42.6 Å². The summed E-state index contributed by atoms with van der Waals surface area (Å²) in [6.07, 6.45) is 6.54. The van der Waals surface area contributed by atoms with E-state index < -0.39 is 0 Å². The van der Waals surface area contributed by atoms with E-state index in [1.165, 1.54) is 32.1 Å². The highest BCUT2D eigenvalue weighted by Gasteiger charge is 2.33. The van der Waals surface area contributed by atoms with Gasteiger partial charge in [-0.25, -0.2) is 4.98 Å². The molecule has 0 radical (unpaired) electrons. The number of benzene rings is 1. The van der Waals surface area contributed by atoms with Gasteiger partial charge in [-0.3, -0.25) is 4.79 Å². The van der Waals surface area contributed by atoms with Gasteiger partial charge >= 0.3 is 0 Å². The fraction of sp³-hybridized carbons (Fsp3) is 0.474. The summed E-state index contributed by atoms with van der Waals surface area (Å²) in [7, 11) is 0. The van der Waals surface area contributed by atoms with Gasteiger partial charge in [0.1, 0.15) is 10.7 Å². The maximum Gasteiger partial charge on any atom is 0.273 e. The van der Waals surface area contributed by atoms with Crippen LogP contribution in [-0.2, 0) is 0 Å². The number of nitrogens with zero attached hydrogens (tertiary/aromatic N) is 2. The number of thiazole rings is 1. The second kappa shape index (κ2) is 6.44. The third-order valence-corrected chi connectivity index (χ3v) is 6.21. The molecule has 120 valence electrons. The van der Waals surface area contributed by atoms with E-state index in [4.69, 9.17) is 0 Å². The molecule has 4 rings (SSSR count). The summed E-state index contributed by atoms with van der Waals surface area (Å²) in [5.74, 6) is 1.68. The molecule has 2 aliphatic rings. The predicted molar refractivity (Wildman–Crippen MR) is 93.5 cm³/mol. The first kappa shape index (κ1) is 14.9. The monoisotopic (exact) mass is 326 g/mol. The molecular weight excluding hydrogens is 304 g/mol. The highest BCUT2D eigenvalue weighted by molar-refractivity contribution is 7.13. The Kier molecular flexibility index (Phi) is 4.17. The van der Waals surface area contributed by atoms with Gasteiger partial charge in [0.2, 0.25) is 0 Å². The van der Waals surface area contributed by atoms with Gasteiger partial charge in [0, 0.05) is 24.0 Å². The van der Waals surface area contributed by atoms with Crippen molar-refractivity contribution in [1.82, 2.24) is 9.88 Å². The van der Waals surface area contributed by atoms with Crippen molar-refractivity contribution in [3.8, 4) is 10.6 Å². The van der Waals surface area contributed by atoms with Crippen molar-refractivity contribution in [2.24, 2.45) is 11.8 Å². The lowest BCUT2D eigenvalue weighted by Gasteiger charge is -2.41. The van der Waals surface area contributed by atoms with Crippen molar-refractivity contribution in [2.75, 3.05) is 13.1 Å². The number of rotatable bonds is 2. The summed E-state index contributed by atoms with van der Waals surface area (Å²) in [4.78, 5) is 19.4. The summed E-state index contributed by atoms with van der Waals surface area (Å²) in [6.45, 7) is 1.83. The summed E-state index contributed by atoms with van der Waals surface area (Å²) in [5, 5.41) is 2.85. The number of hydrogen-bond acceptors (Lipinski definition) is 3. The van der Waals surface area contributed by atoms with E-state index in [-0.39, 0.29) is 5.91 Å². The Morgan fingerprint density at radius 2 is 1.87 bits per heavy atom. The van der Waals surface area contributed by atoms with Crippen molar-refractivity contribution in [3.05, 3.63) is 41.4 Å². The first-order chi connectivity index (χ1) is 11.3. The van der Waals surface area contributed by atoms with Crippen molar-refractivity contribution < 1.29 is 4.79 Å². The highest BCUT2D eigenvalue weighted by Crippen LogP contribution is 2.36. The largest absolute Gasteiger partial charge is 0.337 e. The van der Waals surface area contributed by atoms with Gasteiger partial charge in [-0.2, -0.15) is 0 Å². The maximum absolute atomic E-state index is 12.8. The normalized spacial score (nSPS) is 24.3. The van der Waals surface area contributed by atoms with E-state index in [1.807, 2.05) is 40.6 Å². The van der Waals surface area contributed by atoms with Gasteiger partial charge in [-0.15, -0.1) is 11.3 Å². The Morgan fingerprint density at radius 1 is 1.09 bits per heavy atom. The molecule has 1 aromatic heterocycles. The molecule has 3 nitrogen and oxygen atoms in total. The molecule has 2 aromatic rings. The zero-order valence-corrected chi connectivity index (χ0v) is 14.1. The van der Waals surface area contributed by atoms with Gasteiger partial charge in [0.25, 0.3) is 5.91 Å². The number of carbonyl (C=O) groups is 1. The molecule has 1 saturated carbocycles. The van der Waals surface area contributed by atoms with Crippen LogP contribution in [0.3, 0.4) is 0 Å². The zero-order valence-electron chi connectivity index (χ0n) is 13.3. The second-order valence-corrected chi connectivity index (χ2v) is 7.61. The van der Waals surface area contributed by atoms with Gasteiger partial charge in [0.15, 0.2) is 0 Å². The van der Waals surface area contributed by atoms with Crippen LogP contribution in [0.5, 0.6) is 0 Å². The standard InChI is InChI=1S/C19H22N2OS/c22-19(21-11-10-14-6-4-5-9-16(14)12-21)17-13-23-18(20-17)15-7-2-1-3-8-15/h1-3,7-8,13-14,16H,4-6,9-12H2. The topological polar surface area (TPSA) is 33.2 Å². The van der Waals surface area contributed by atoms with E-state index >= 15 is 0 Å². The first-order valence-corrected chi connectivity index (χ1v) is 9.49. The molecule has 0 N–H and O–H groups in total. The number of aromatic nitrogens is 1. The molecule has 0 spiro atoms. The average Bonchev–Trinajstić information content (AvgIpc) is 3.11. The number of hydrogen-bond donors (Lipinski definition) is 0. The molecule has 2 atom stereocenters. The van der Waals surface area contributed by atoms with Crippen LogP contribution >= 0.6 is 11.3 Å². The molecule has 23 heavy (non-hydrogen) atoms. The molecule has 0 bridgehead atoms. The molecule has 1 aromatic carbocycles. The molecule has 4 heteroatoms. The van der Waals surface area contributed by atoms with E-state index in [1.54, 1.807) is 11.3 Å². The van der Waals surface area contributed by atoms with Crippen LogP contribution in [0.2, 0.25) is 0 Å². The lowest BCUT2D eigenvalue weighted by atomic mass is 9.75. The van der Waals surface area contributed by atoms with Crippen molar-refractivity contribution in [3.63, 3.8) is 0 Å². The molecule has 1 saturated heterocycles. The lowest BCUT2D eigenvalue weighted by Crippen LogP contribution is -2.44. The predicted octanol–water partition coefficient (Wildman–Crippen LogP) is 4.46. The van der Waals surface area contributed by atoms with Crippen molar-refractivity contribution in [2.45, 2.75) is 32.1 Å². The van der Waals surface area contributed by atoms with Crippen LogP contribution in [-0.4, -0.2) is 28.9 Å². The summed E-state index contributed by atoms with van der Waals surface area (Å²) >= 11 is 1.56. The molecule has 1 aliphatic carbocycles. The number of piperidine rings is 1. The van der Waals surface area contributed by atoms with Gasteiger partial charge in [-0.05, 0) is 24.7 Å². The maximum atomic E-state index is 12.8. The third kappa shape index (κ3) is 3.05. The zero-order chi connectivity index (χ0) is 15.6. The minimum absolute atomic E-state index is 0.118. The fourth-order valence-electron chi connectivity index (χ4n) is 4.03. The fourth-order valence-corrected chi connectivity index (χ4v) is 4.83. The average molecular weight is 326 g/mol. The van der Waals surface area contributed by atoms with Crippen LogP contribution in [0.4, 0.5) is 0 Å². The molecule has 2 fully saturated rings. The first-order valence-electron chi connectivity index (χ1n) is 8.61. The number of amides is 1. The molecule has 2 heterocycles. The molecule has 1 amide bonds. The minimum atomic E-state index is 0.118. The van der Waals surface area contributed by atoms with E-state index in [0.717, 1.165) is 29.6 Å². The van der Waals surface area contributed by atoms with Crippen LogP contribution in [0.15, 0.2) is 35.7 Å². The lowest BCUT2D eigenvalue weighted by molar-refractivity contribution is 0.0516. The Hall–Kier alpha value is -1.68. The third-order valence-electron chi connectivity index (χ3n) is 5.32. The smallest absolute Gasteiger partial charge is 0.273 e. The summed E-state index contributed by atoms with van der Waals surface area (Å²) in [5.41, 5.74) is 1.70. The van der Waals surface area contributed by atoms with Crippen LogP contribution in [0, 0.1) is 11.8 Å². The highest BCUT2D eigenvalue weighted by atomic mass is 32.1. The number of fused-ring (bicyclic) bond motifs is 1. The van der Waals surface area contributed by atoms with Crippen LogP contribution in [0.25, 0.3) is 10.6 Å². The van der Waals surface area contributed by atoms with Crippen LogP contribution < -0.4 is 0 Å². The SMILES string of the molecule is O=C(c1csc(-c2ccccc2)n1)N1CCC2CCCCC2C1. The minimum Gasteiger partial charge on any atom is -0.337 e. The Morgan fingerprint density at radius 3 is 2.70 bits per heavy atom.